The third-order valence-electron chi connectivity index (χ3n) is 3.01. The van der Waals surface area contributed by atoms with Crippen LogP contribution < -0.4 is 10.3 Å². The van der Waals surface area contributed by atoms with Crippen LogP contribution in [0.3, 0.4) is 0 Å². The first-order chi connectivity index (χ1) is 10.2. The van der Waals surface area contributed by atoms with Gasteiger partial charge in [0.05, 0.1) is 22.9 Å². The number of hydrogen-bond acceptors (Lipinski definition) is 6. The highest BCUT2D eigenvalue weighted by molar-refractivity contribution is 7.17. The topological polar surface area (TPSA) is 70.7 Å². The number of nitrogens with zero attached hydrogens (tertiary/aromatic N) is 3. The maximum atomic E-state index is 11.8. The summed E-state index contributed by atoms with van der Waals surface area (Å²) in [6, 6.07) is 1.62. The minimum atomic E-state index is -0.286. The van der Waals surface area contributed by atoms with Crippen molar-refractivity contribution in [2.75, 3.05) is 18.0 Å². The molecule has 2 heterocycles. The first-order valence-electron chi connectivity index (χ1n) is 6.74. The van der Waals surface area contributed by atoms with Crippen LogP contribution in [-0.2, 0) is 0 Å². The summed E-state index contributed by atoms with van der Waals surface area (Å²) in [6.07, 6.45) is 4.82. The van der Waals surface area contributed by atoms with Crippen LogP contribution in [-0.4, -0.2) is 30.2 Å². The molecule has 2 aromatic heterocycles. The molecular weight excluding hydrogens is 288 g/mol. The number of carbonyl (C=O) groups is 1. The summed E-state index contributed by atoms with van der Waals surface area (Å²) in [7, 11) is 0. The molecule has 0 aliphatic heterocycles. The van der Waals surface area contributed by atoms with Crippen LogP contribution >= 0.6 is 11.3 Å². The first kappa shape index (κ1) is 15.2. The zero-order valence-corrected chi connectivity index (χ0v) is 13.1. The second-order valence-electron chi connectivity index (χ2n) is 4.31. The number of aryl methyl sites for hydroxylation is 1. The largest absolute Gasteiger partial charge is 0.469 e. The van der Waals surface area contributed by atoms with Crippen molar-refractivity contribution in [3.63, 3.8) is 0 Å². The number of hydrogen-bond donors (Lipinski definition) is 1. The summed E-state index contributed by atoms with van der Waals surface area (Å²) in [5, 5.41) is 4.91. The lowest BCUT2D eigenvalue weighted by Gasteiger charge is -2.16. The van der Waals surface area contributed by atoms with Crippen LogP contribution in [0.1, 0.15) is 34.8 Å². The molecule has 7 heteroatoms. The fourth-order valence-electron chi connectivity index (χ4n) is 1.81. The molecular formula is C14H18N4O2S. The van der Waals surface area contributed by atoms with Gasteiger partial charge in [-0.1, -0.05) is 11.3 Å². The zero-order valence-electron chi connectivity index (χ0n) is 12.3. The molecule has 6 nitrogen and oxygen atoms in total. The smallest absolute Gasteiger partial charge is 0.274 e. The lowest BCUT2D eigenvalue weighted by atomic mass is 10.2. The molecule has 0 saturated carbocycles. The van der Waals surface area contributed by atoms with E-state index in [-0.39, 0.29) is 5.91 Å². The number of hydrazone groups is 1. The van der Waals surface area contributed by atoms with Crippen molar-refractivity contribution >= 4 is 28.6 Å². The third kappa shape index (κ3) is 3.69. The summed E-state index contributed by atoms with van der Waals surface area (Å²) < 4.78 is 5.08. The van der Waals surface area contributed by atoms with E-state index in [1.54, 1.807) is 25.4 Å². The van der Waals surface area contributed by atoms with E-state index in [2.05, 4.69) is 34.3 Å². The van der Waals surface area contributed by atoms with Gasteiger partial charge in [0.1, 0.15) is 5.76 Å². The van der Waals surface area contributed by atoms with Gasteiger partial charge in [0.25, 0.3) is 5.91 Å². The van der Waals surface area contributed by atoms with Gasteiger partial charge in [-0.25, -0.2) is 10.4 Å². The van der Waals surface area contributed by atoms with Crippen LogP contribution in [0.4, 0.5) is 5.13 Å². The fourth-order valence-corrected chi connectivity index (χ4v) is 2.73. The molecule has 0 aliphatic carbocycles. The van der Waals surface area contributed by atoms with E-state index in [0.29, 0.717) is 11.3 Å². The van der Waals surface area contributed by atoms with Crippen molar-refractivity contribution in [2.45, 2.75) is 20.8 Å². The Hall–Kier alpha value is -2.15. The summed E-state index contributed by atoms with van der Waals surface area (Å²) in [6.45, 7) is 7.74. The number of carbonyl (C=O) groups excluding carboxylic acids is 1. The Labute approximate surface area is 127 Å². The zero-order chi connectivity index (χ0) is 15.2. The molecule has 0 aliphatic rings. The van der Waals surface area contributed by atoms with E-state index < -0.39 is 0 Å². The molecule has 0 atom stereocenters. The van der Waals surface area contributed by atoms with Crippen LogP contribution in [0, 0.1) is 6.92 Å². The molecule has 112 valence electrons. The fraction of sp³-hybridized carbons (Fsp3) is 0.357. The maximum absolute atomic E-state index is 11.8. The van der Waals surface area contributed by atoms with Gasteiger partial charge >= 0.3 is 0 Å². The van der Waals surface area contributed by atoms with E-state index in [0.717, 1.165) is 23.1 Å². The van der Waals surface area contributed by atoms with Gasteiger partial charge in [-0.2, -0.15) is 5.10 Å². The molecule has 0 spiro atoms. The van der Waals surface area contributed by atoms with Gasteiger partial charge in [0.2, 0.25) is 0 Å². The van der Waals surface area contributed by atoms with Crippen molar-refractivity contribution in [2.24, 2.45) is 5.10 Å². The molecule has 21 heavy (non-hydrogen) atoms. The van der Waals surface area contributed by atoms with E-state index in [1.165, 1.54) is 17.6 Å². The van der Waals surface area contributed by atoms with Crippen molar-refractivity contribution in [3.05, 3.63) is 34.7 Å². The highest BCUT2D eigenvalue weighted by atomic mass is 32.1. The van der Waals surface area contributed by atoms with E-state index in [4.69, 9.17) is 4.42 Å². The van der Waals surface area contributed by atoms with Crippen molar-refractivity contribution < 1.29 is 9.21 Å². The lowest BCUT2D eigenvalue weighted by molar-refractivity contribution is 0.0953. The van der Waals surface area contributed by atoms with E-state index in [9.17, 15) is 4.79 Å². The van der Waals surface area contributed by atoms with Gasteiger partial charge in [-0.05, 0) is 26.8 Å². The highest BCUT2D eigenvalue weighted by Crippen LogP contribution is 2.20. The van der Waals surface area contributed by atoms with Gasteiger partial charge < -0.3 is 9.32 Å². The summed E-state index contributed by atoms with van der Waals surface area (Å²) >= 11 is 1.54. The SMILES string of the molecule is CCN(CC)c1ncc(/C=N\NC(=O)c2ccoc2C)s1. The number of aromatic nitrogens is 1. The van der Waals surface area contributed by atoms with Crippen LogP contribution in [0.5, 0.6) is 0 Å². The highest BCUT2D eigenvalue weighted by Gasteiger charge is 2.10. The number of rotatable bonds is 6. The van der Waals surface area contributed by atoms with Gasteiger partial charge in [0.15, 0.2) is 5.13 Å². The van der Waals surface area contributed by atoms with Crippen molar-refractivity contribution in [1.29, 1.82) is 0 Å². The van der Waals surface area contributed by atoms with Crippen LogP contribution in [0.25, 0.3) is 0 Å². The molecule has 0 radical (unpaired) electrons. The second kappa shape index (κ2) is 7.03. The predicted octanol–water partition coefficient (Wildman–Crippen LogP) is 2.65. The first-order valence-corrected chi connectivity index (χ1v) is 7.55. The molecule has 1 amide bonds. The Bertz CT molecular complexity index is 628. The molecule has 2 rings (SSSR count). The monoisotopic (exact) mass is 306 g/mol. The Balaban J connectivity index is 1.96. The summed E-state index contributed by atoms with van der Waals surface area (Å²) in [4.78, 5) is 19.2. The third-order valence-corrected chi connectivity index (χ3v) is 4.00. The quantitative estimate of drug-likeness (QED) is 0.658. The van der Waals surface area contributed by atoms with Gasteiger partial charge in [-0.3, -0.25) is 4.79 Å². The number of nitrogens with one attached hydrogen (secondary N) is 1. The number of amides is 1. The lowest BCUT2D eigenvalue weighted by Crippen LogP contribution is -2.21. The Morgan fingerprint density at radius 1 is 1.52 bits per heavy atom. The molecule has 0 bridgehead atoms. The number of thiazole rings is 1. The van der Waals surface area contributed by atoms with Crippen molar-refractivity contribution in [3.8, 4) is 0 Å². The predicted molar refractivity (Wildman–Crippen MR) is 84.2 cm³/mol. The van der Waals surface area contributed by atoms with Gasteiger partial charge in [-0.15, -0.1) is 0 Å². The summed E-state index contributed by atoms with van der Waals surface area (Å²) in [5.41, 5.74) is 2.96. The maximum Gasteiger partial charge on any atom is 0.274 e. The van der Waals surface area contributed by atoms with Gasteiger partial charge in [0, 0.05) is 19.3 Å². The summed E-state index contributed by atoms with van der Waals surface area (Å²) in [5.74, 6) is 0.287. The van der Waals surface area contributed by atoms with Crippen molar-refractivity contribution in [1.82, 2.24) is 10.4 Å². The molecule has 2 aromatic rings. The van der Waals surface area contributed by atoms with E-state index in [1.807, 2.05) is 0 Å². The molecule has 1 N–H and O–H groups in total. The molecule has 0 unspecified atom stereocenters. The normalized spacial score (nSPS) is 11.0. The minimum Gasteiger partial charge on any atom is -0.469 e. The van der Waals surface area contributed by atoms with Crippen LogP contribution in [0.15, 0.2) is 28.0 Å². The average molecular weight is 306 g/mol. The number of anilines is 1. The average Bonchev–Trinajstić information content (AvgIpc) is 3.09. The number of furan rings is 1. The Morgan fingerprint density at radius 3 is 2.90 bits per heavy atom. The molecule has 0 aromatic carbocycles. The van der Waals surface area contributed by atoms with Crippen LogP contribution in [0.2, 0.25) is 0 Å². The Kier molecular flexibility index (Phi) is 5.10. The Morgan fingerprint density at radius 2 is 2.29 bits per heavy atom. The molecule has 0 fully saturated rings. The standard InChI is InChI=1S/C14H18N4O2S/c1-4-18(5-2)14-15-8-11(21-14)9-16-17-13(19)12-6-7-20-10(12)3/h6-9H,4-5H2,1-3H3,(H,17,19)/b16-9-. The molecule has 0 saturated heterocycles. The second-order valence-corrected chi connectivity index (χ2v) is 5.35. The van der Waals surface area contributed by atoms with E-state index >= 15 is 0 Å². The minimum absolute atomic E-state index is 0.286.